The number of nitrogens with one attached hydrogen (secondary N) is 1. The average Bonchev–Trinajstić information content (AvgIpc) is 2.69. The van der Waals surface area contributed by atoms with Gasteiger partial charge in [0.1, 0.15) is 5.75 Å². The van der Waals surface area contributed by atoms with Gasteiger partial charge in [0, 0.05) is 11.3 Å². The summed E-state index contributed by atoms with van der Waals surface area (Å²) in [6.45, 7) is 1.71. The minimum atomic E-state index is -0.615. The van der Waals surface area contributed by atoms with Gasteiger partial charge in [-0.25, -0.2) is 0 Å². The van der Waals surface area contributed by atoms with Crippen LogP contribution < -0.4 is 10.1 Å². The van der Waals surface area contributed by atoms with Gasteiger partial charge in [-0.05, 0) is 43.3 Å². The smallest absolute Gasteiger partial charge is 0.257 e. The van der Waals surface area contributed by atoms with Crippen molar-refractivity contribution < 1.29 is 14.3 Å². The standard InChI is InChI=1S/C22H18ClNO3/c1-15(21(25)16-7-3-2-4-8-16)27-18-13-11-17(12-14-18)24-22(26)19-9-5-6-10-20(19)23/h2-15H,1H3,(H,24,26). The van der Waals surface area contributed by atoms with E-state index in [0.717, 1.165) is 0 Å². The summed E-state index contributed by atoms with van der Waals surface area (Å²) < 4.78 is 5.71. The van der Waals surface area contributed by atoms with Gasteiger partial charge in [-0.1, -0.05) is 54.1 Å². The van der Waals surface area contributed by atoms with Crippen LogP contribution >= 0.6 is 11.6 Å². The highest BCUT2D eigenvalue weighted by molar-refractivity contribution is 6.34. The molecule has 0 saturated heterocycles. The zero-order valence-corrected chi connectivity index (χ0v) is 15.4. The number of ketones is 1. The van der Waals surface area contributed by atoms with Crippen molar-refractivity contribution in [2.24, 2.45) is 0 Å². The Labute approximate surface area is 162 Å². The number of ether oxygens (including phenoxy) is 1. The molecule has 1 N–H and O–H groups in total. The zero-order chi connectivity index (χ0) is 19.2. The molecule has 0 aromatic heterocycles. The second kappa shape index (κ2) is 8.52. The molecule has 0 radical (unpaired) electrons. The van der Waals surface area contributed by atoms with Crippen molar-refractivity contribution in [1.82, 2.24) is 0 Å². The third-order valence-electron chi connectivity index (χ3n) is 3.97. The molecule has 1 unspecified atom stereocenters. The van der Waals surface area contributed by atoms with Gasteiger partial charge in [0.05, 0.1) is 10.6 Å². The molecule has 0 bridgehead atoms. The second-order valence-corrected chi connectivity index (χ2v) is 6.36. The van der Waals surface area contributed by atoms with Crippen LogP contribution in [0.4, 0.5) is 5.69 Å². The highest BCUT2D eigenvalue weighted by atomic mass is 35.5. The number of hydrogen-bond acceptors (Lipinski definition) is 3. The molecule has 3 rings (SSSR count). The number of carbonyl (C=O) groups is 2. The van der Waals surface area contributed by atoms with Crippen molar-refractivity contribution in [1.29, 1.82) is 0 Å². The predicted octanol–water partition coefficient (Wildman–Crippen LogP) is 5.24. The summed E-state index contributed by atoms with van der Waals surface area (Å²) in [6.07, 6.45) is -0.615. The summed E-state index contributed by atoms with van der Waals surface area (Å²) in [5.41, 5.74) is 1.62. The Hall–Kier alpha value is -3.11. The number of amides is 1. The maximum absolute atomic E-state index is 12.4. The predicted molar refractivity (Wildman–Crippen MR) is 107 cm³/mol. The Morgan fingerprint density at radius 3 is 2.19 bits per heavy atom. The van der Waals surface area contributed by atoms with E-state index in [4.69, 9.17) is 16.3 Å². The van der Waals surface area contributed by atoms with Gasteiger partial charge in [0.25, 0.3) is 5.91 Å². The van der Waals surface area contributed by atoms with Crippen molar-refractivity contribution in [3.63, 3.8) is 0 Å². The van der Waals surface area contributed by atoms with Gasteiger partial charge in [0.15, 0.2) is 6.10 Å². The number of carbonyl (C=O) groups excluding carboxylic acids is 2. The molecule has 3 aromatic carbocycles. The van der Waals surface area contributed by atoms with Gasteiger partial charge in [-0.2, -0.15) is 0 Å². The molecule has 1 amide bonds. The lowest BCUT2D eigenvalue weighted by Gasteiger charge is -2.14. The first-order valence-electron chi connectivity index (χ1n) is 8.46. The van der Waals surface area contributed by atoms with Crippen LogP contribution in [0.5, 0.6) is 5.75 Å². The molecule has 0 saturated carbocycles. The maximum atomic E-state index is 12.4. The van der Waals surface area contributed by atoms with E-state index < -0.39 is 6.10 Å². The van der Waals surface area contributed by atoms with E-state index in [1.165, 1.54) is 0 Å². The molecule has 1 atom stereocenters. The van der Waals surface area contributed by atoms with Gasteiger partial charge in [-0.3, -0.25) is 9.59 Å². The van der Waals surface area contributed by atoms with Crippen molar-refractivity contribution in [3.05, 3.63) is 95.0 Å². The second-order valence-electron chi connectivity index (χ2n) is 5.95. The SMILES string of the molecule is CC(Oc1ccc(NC(=O)c2ccccc2Cl)cc1)C(=O)c1ccccc1. The van der Waals surface area contributed by atoms with Gasteiger partial charge in [0.2, 0.25) is 5.78 Å². The van der Waals surface area contributed by atoms with E-state index in [1.54, 1.807) is 67.6 Å². The molecule has 27 heavy (non-hydrogen) atoms. The van der Waals surface area contributed by atoms with E-state index in [0.29, 0.717) is 27.6 Å². The number of anilines is 1. The van der Waals surface area contributed by atoms with Crippen LogP contribution in [0.15, 0.2) is 78.9 Å². The maximum Gasteiger partial charge on any atom is 0.257 e. The third kappa shape index (κ3) is 4.74. The summed E-state index contributed by atoms with van der Waals surface area (Å²) >= 11 is 6.04. The van der Waals surface area contributed by atoms with Gasteiger partial charge >= 0.3 is 0 Å². The van der Waals surface area contributed by atoms with Crippen LogP contribution in [0.3, 0.4) is 0 Å². The summed E-state index contributed by atoms with van der Waals surface area (Å²) in [6, 6.07) is 22.7. The molecular formula is C22H18ClNO3. The van der Waals surface area contributed by atoms with Crippen LogP contribution in [-0.4, -0.2) is 17.8 Å². The van der Waals surface area contributed by atoms with E-state index in [-0.39, 0.29) is 11.7 Å². The number of Topliss-reactive ketones (excluding diaryl/α,β-unsaturated/α-hetero) is 1. The first-order chi connectivity index (χ1) is 13.0. The van der Waals surface area contributed by atoms with Crippen LogP contribution in [0.25, 0.3) is 0 Å². The number of hydrogen-bond donors (Lipinski definition) is 1. The molecule has 5 heteroatoms. The van der Waals surface area contributed by atoms with Crippen molar-refractivity contribution in [3.8, 4) is 5.75 Å². The Balaban J connectivity index is 1.63. The molecule has 0 spiro atoms. The van der Waals surface area contributed by atoms with Crippen LogP contribution in [0.1, 0.15) is 27.6 Å². The molecule has 0 heterocycles. The first kappa shape index (κ1) is 18.7. The fraction of sp³-hybridized carbons (Fsp3) is 0.0909. The van der Waals surface area contributed by atoms with E-state index >= 15 is 0 Å². The minimum Gasteiger partial charge on any atom is -0.483 e. The molecule has 136 valence electrons. The normalized spacial score (nSPS) is 11.5. The topological polar surface area (TPSA) is 55.4 Å². The lowest BCUT2D eigenvalue weighted by molar-refractivity contribution is 0.0818. The monoisotopic (exact) mass is 379 g/mol. The first-order valence-corrected chi connectivity index (χ1v) is 8.84. The molecule has 0 aliphatic heterocycles. The minimum absolute atomic E-state index is 0.0910. The summed E-state index contributed by atoms with van der Waals surface area (Å²) in [4.78, 5) is 24.6. The molecule has 0 aliphatic carbocycles. The zero-order valence-electron chi connectivity index (χ0n) is 14.7. The Morgan fingerprint density at radius 2 is 1.52 bits per heavy atom. The lowest BCUT2D eigenvalue weighted by atomic mass is 10.1. The average molecular weight is 380 g/mol. The Kier molecular flexibility index (Phi) is 5.89. The Morgan fingerprint density at radius 1 is 0.889 bits per heavy atom. The fourth-order valence-electron chi connectivity index (χ4n) is 2.56. The van der Waals surface area contributed by atoms with Crippen molar-refractivity contribution in [2.75, 3.05) is 5.32 Å². The van der Waals surface area contributed by atoms with Gasteiger partial charge in [-0.15, -0.1) is 0 Å². The van der Waals surface area contributed by atoms with E-state index in [1.807, 2.05) is 18.2 Å². The molecule has 3 aromatic rings. The molecule has 0 aliphatic rings. The highest BCUT2D eigenvalue weighted by Gasteiger charge is 2.16. The molecular weight excluding hydrogens is 362 g/mol. The Bertz CT molecular complexity index is 939. The number of benzene rings is 3. The van der Waals surface area contributed by atoms with E-state index in [2.05, 4.69) is 5.32 Å². The quantitative estimate of drug-likeness (QED) is 0.595. The largest absolute Gasteiger partial charge is 0.483 e. The van der Waals surface area contributed by atoms with Crippen molar-refractivity contribution in [2.45, 2.75) is 13.0 Å². The molecule has 0 fully saturated rings. The third-order valence-corrected chi connectivity index (χ3v) is 4.30. The summed E-state index contributed by atoms with van der Waals surface area (Å²) in [7, 11) is 0. The van der Waals surface area contributed by atoms with E-state index in [9.17, 15) is 9.59 Å². The summed E-state index contributed by atoms with van der Waals surface area (Å²) in [5, 5.41) is 3.17. The van der Waals surface area contributed by atoms with Crippen LogP contribution in [0.2, 0.25) is 5.02 Å². The van der Waals surface area contributed by atoms with Crippen LogP contribution in [-0.2, 0) is 0 Å². The fourth-order valence-corrected chi connectivity index (χ4v) is 2.78. The molecule has 4 nitrogen and oxygen atoms in total. The summed E-state index contributed by atoms with van der Waals surface area (Å²) in [5.74, 6) is 0.163. The lowest BCUT2D eigenvalue weighted by Crippen LogP contribution is -2.23. The number of rotatable bonds is 6. The number of halogens is 1. The van der Waals surface area contributed by atoms with Gasteiger partial charge < -0.3 is 10.1 Å². The van der Waals surface area contributed by atoms with Crippen LogP contribution in [0, 0.1) is 0 Å². The van der Waals surface area contributed by atoms with Crippen molar-refractivity contribution >= 4 is 29.0 Å². The highest BCUT2D eigenvalue weighted by Crippen LogP contribution is 2.20.